The number of nitrogens with one attached hydrogen (secondary N) is 1. The van der Waals surface area contributed by atoms with E-state index in [0.29, 0.717) is 36.2 Å². The standard InChI is InChI=1S/C25H36N6O6S/c1-7-29(8-2)38(36,37)25-14-21(30(32)33)10-11-22(25)27-26-15-20-9-12-23(24(13-20)31(34)35)28(16-18(3)4)17-19(5)6/h9-15,18-19,27H,7-8,16-17H2,1-6H3/b26-15-. The van der Waals surface area contributed by atoms with Gasteiger partial charge in [0.2, 0.25) is 10.0 Å². The smallest absolute Gasteiger partial charge is 0.293 e. The molecule has 0 atom stereocenters. The molecule has 0 fully saturated rings. The van der Waals surface area contributed by atoms with Crippen molar-refractivity contribution in [2.45, 2.75) is 46.4 Å². The third-order valence-electron chi connectivity index (χ3n) is 5.61. The van der Waals surface area contributed by atoms with E-state index in [1.807, 2.05) is 4.90 Å². The van der Waals surface area contributed by atoms with Gasteiger partial charge >= 0.3 is 0 Å². The molecule has 0 bridgehead atoms. The molecule has 0 saturated heterocycles. The predicted molar refractivity (Wildman–Crippen MR) is 149 cm³/mol. The highest BCUT2D eigenvalue weighted by atomic mass is 32.2. The van der Waals surface area contributed by atoms with E-state index in [0.717, 1.165) is 6.07 Å². The zero-order chi connectivity index (χ0) is 28.6. The molecule has 0 aromatic heterocycles. The van der Waals surface area contributed by atoms with Crippen LogP contribution in [0.4, 0.5) is 22.7 Å². The number of nitrogens with zero attached hydrogens (tertiary/aromatic N) is 5. The lowest BCUT2D eigenvalue weighted by molar-refractivity contribution is -0.385. The lowest BCUT2D eigenvalue weighted by Crippen LogP contribution is -2.31. The molecular formula is C25H36N6O6S. The Labute approximate surface area is 223 Å². The summed E-state index contributed by atoms with van der Waals surface area (Å²) < 4.78 is 27.4. The van der Waals surface area contributed by atoms with Crippen molar-refractivity contribution in [3.8, 4) is 0 Å². The van der Waals surface area contributed by atoms with Crippen molar-refractivity contribution in [3.63, 3.8) is 0 Å². The van der Waals surface area contributed by atoms with Crippen LogP contribution in [-0.2, 0) is 10.0 Å². The highest BCUT2D eigenvalue weighted by Crippen LogP contribution is 2.31. The Balaban J connectivity index is 2.44. The Morgan fingerprint density at radius 1 is 0.947 bits per heavy atom. The first kappa shape index (κ1) is 30.6. The Morgan fingerprint density at radius 3 is 2.05 bits per heavy atom. The van der Waals surface area contributed by atoms with Crippen LogP contribution in [0.5, 0.6) is 0 Å². The molecule has 13 heteroatoms. The summed E-state index contributed by atoms with van der Waals surface area (Å²) in [5.41, 5.74) is 3.20. The fourth-order valence-electron chi connectivity index (χ4n) is 4.00. The molecule has 2 aromatic carbocycles. The Hall–Kier alpha value is -3.58. The molecule has 2 rings (SSSR count). The van der Waals surface area contributed by atoms with Gasteiger partial charge in [-0.1, -0.05) is 47.6 Å². The molecule has 0 aliphatic rings. The number of nitro groups is 2. The van der Waals surface area contributed by atoms with E-state index in [-0.39, 0.29) is 35.0 Å². The minimum atomic E-state index is -4.04. The molecule has 208 valence electrons. The highest BCUT2D eigenvalue weighted by molar-refractivity contribution is 7.89. The number of hydrazone groups is 1. The van der Waals surface area contributed by atoms with Crippen LogP contribution in [-0.4, -0.2) is 55.0 Å². The molecule has 0 aliphatic heterocycles. The SMILES string of the molecule is CCN(CC)S(=O)(=O)c1cc([N+](=O)[O-])ccc1N/N=C\c1ccc(N(CC(C)C)CC(C)C)c([N+](=O)[O-])c1. The molecule has 0 heterocycles. The van der Waals surface area contributed by atoms with E-state index in [1.54, 1.807) is 26.0 Å². The van der Waals surface area contributed by atoms with Crippen LogP contribution in [0.25, 0.3) is 0 Å². The van der Waals surface area contributed by atoms with Crippen molar-refractivity contribution in [3.05, 3.63) is 62.2 Å². The molecule has 0 amide bonds. The van der Waals surface area contributed by atoms with Crippen molar-refractivity contribution in [1.82, 2.24) is 4.31 Å². The number of hydrogen-bond donors (Lipinski definition) is 1. The monoisotopic (exact) mass is 548 g/mol. The second-order valence-corrected chi connectivity index (χ2v) is 11.5. The summed E-state index contributed by atoms with van der Waals surface area (Å²) in [7, 11) is -4.04. The van der Waals surface area contributed by atoms with Crippen molar-refractivity contribution < 1.29 is 18.3 Å². The van der Waals surface area contributed by atoms with E-state index >= 15 is 0 Å². The van der Waals surface area contributed by atoms with Crippen molar-refractivity contribution in [2.24, 2.45) is 16.9 Å². The Morgan fingerprint density at radius 2 is 1.55 bits per heavy atom. The summed E-state index contributed by atoms with van der Waals surface area (Å²) in [4.78, 5) is 23.8. The molecule has 0 spiro atoms. The fourth-order valence-corrected chi connectivity index (χ4v) is 5.62. The summed E-state index contributed by atoms with van der Waals surface area (Å²) in [5.74, 6) is 0.615. The fraction of sp³-hybridized carbons (Fsp3) is 0.480. The van der Waals surface area contributed by atoms with Gasteiger partial charge in [-0.3, -0.25) is 25.7 Å². The van der Waals surface area contributed by atoms with Gasteiger partial charge in [0.15, 0.2) is 0 Å². The number of hydrogen-bond acceptors (Lipinski definition) is 9. The molecule has 38 heavy (non-hydrogen) atoms. The molecule has 0 saturated carbocycles. The number of anilines is 2. The lowest BCUT2D eigenvalue weighted by atomic mass is 10.1. The second-order valence-electron chi connectivity index (χ2n) is 9.59. The van der Waals surface area contributed by atoms with Gasteiger partial charge in [0.05, 0.1) is 21.7 Å². The molecule has 0 radical (unpaired) electrons. The van der Waals surface area contributed by atoms with Gasteiger partial charge in [0.1, 0.15) is 10.6 Å². The van der Waals surface area contributed by atoms with Gasteiger partial charge in [0.25, 0.3) is 11.4 Å². The predicted octanol–water partition coefficient (Wildman–Crippen LogP) is 5.10. The van der Waals surface area contributed by atoms with Crippen LogP contribution in [0.3, 0.4) is 0 Å². The van der Waals surface area contributed by atoms with Crippen LogP contribution in [0.15, 0.2) is 46.4 Å². The normalized spacial score (nSPS) is 12.0. The minimum absolute atomic E-state index is 0.0462. The van der Waals surface area contributed by atoms with Crippen LogP contribution < -0.4 is 10.3 Å². The van der Waals surface area contributed by atoms with E-state index in [1.165, 1.54) is 28.7 Å². The van der Waals surface area contributed by atoms with Crippen molar-refractivity contribution in [2.75, 3.05) is 36.5 Å². The topological polar surface area (TPSA) is 151 Å². The summed E-state index contributed by atoms with van der Waals surface area (Å²) in [6.07, 6.45) is 1.33. The summed E-state index contributed by atoms with van der Waals surface area (Å²) in [5, 5.41) is 27.2. The highest BCUT2D eigenvalue weighted by Gasteiger charge is 2.27. The molecular weight excluding hydrogens is 512 g/mol. The number of sulfonamides is 1. The number of rotatable bonds is 14. The van der Waals surface area contributed by atoms with E-state index in [2.05, 4.69) is 38.2 Å². The zero-order valence-electron chi connectivity index (χ0n) is 22.6. The van der Waals surface area contributed by atoms with Gasteiger partial charge < -0.3 is 4.90 Å². The van der Waals surface area contributed by atoms with Crippen LogP contribution >= 0.6 is 0 Å². The molecule has 0 aliphatic carbocycles. The minimum Gasteiger partial charge on any atom is -0.365 e. The zero-order valence-corrected chi connectivity index (χ0v) is 23.4. The first-order valence-electron chi connectivity index (χ1n) is 12.4. The van der Waals surface area contributed by atoms with Gasteiger partial charge in [-0.05, 0) is 24.0 Å². The maximum absolute atomic E-state index is 13.1. The maximum atomic E-state index is 13.1. The van der Waals surface area contributed by atoms with Crippen LogP contribution in [0.1, 0.15) is 47.1 Å². The van der Waals surface area contributed by atoms with Gasteiger partial charge in [-0.2, -0.15) is 9.41 Å². The van der Waals surface area contributed by atoms with E-state index < -0.39 is 19.9 Å². The maximum Gasteiger partial charge on any atom is 0.293 e. The molecule has 2 aromatic rings. The van der Waals surface area contributed by atoms with Crippen LogP contribution in [0.2, 0.25) is 0 Å². The van der Waals surface area contributed by atoms with Gasteiger partial charge in [0, 0.05) is 49.9 Å². The summed E-state index contributed by atoms with van der Waals surface area (Å²) >= 11 is 0. The Bertz CT molecular complexity index is 1270. The molecule has 0 unspecified atom stereocenters. The average Bonchev–Trinajstić information content (AvgIpc) is 2.83. The number of benzene rings is 2. The first-order valence-corrected chi connectivity index (χ1v) is 13.9. The van der Waals surface area contributed by atoms with Crippen LogP contribution in [0, 0.1) is 32.1 Å². The average molecular weight is 549 g/mol. The largest absolute Gasteiger partial charge is 0.365 e. The molecule has 12 nitrogen and oxygen atoms in total. The van der Waals surface area contributed by atoms with Crippen molar-refractivity contribution >= 4 is 39.0 Å². The first-order chi connectivity index (χ1) is 17.8. The molecule has 1 N–H and O–H groups in total. The third-order valence-corrected chi connectivity index (χ3v) is 7.70. The third kappa shape index (κ3) is 7.71. The number of nitro benzene ring substituents is 2. The quantitative estimate of drug-likeness (QED) is 0.194. The Kier molecular flexibility index (Phi) is 10.7. The summed E-state index contributed by atoms with van der Waals surface area (Å²) in [6, 6.07) is 8.24. The summed E-state index contributed by atoms with van der Waals surface area (Å²) in [6.45, 7) is 13.3. The van der Waals surface area contributed by atoms with E-state index in [4.69, 9.17) is 0 Å². The van der Waals surface area contributed by atoms with Gasteiger partial charge in [-0.25, -0.2) is 8.42 Å². The number of non-ortho nitro benzene ring substituents is 1. The van der Waals surface area contributed by atoms with Crippen molar-refractivity contribution in [1.29, 1.82) is 0 Å². The second kappa shape index (κ2) is 13.3. The van der Waals surface area contributed by atoms with E-state index in [9.17, 15) is 28.6 Å². The lowest BCUT2D eigenvalue weighted by Gasteiger charge is -2.28. The van der Waals surface area contributed by atoms with Gasteiger partial charge in [-0.15, -0.1) is 0 Å².